The largest absolute Gasteiger partial charge is 0.464 e. The van der Waals surface area contributed by atoms with E-state index in [1.54, 1.807) is 0 Å². The first-order valence-electron chi connectivity index (χ1n) is 12.1. The number of carbonyl (C=O) groups is 1. The van der Waals surface area contributed by atoms with Gasteiger partial charge < -0.3 is 10.1 Å². The highest BCUT2D eigenvalue weighted by Gasteiger charge is 2.25. The van der Waals surface area contributed by atoms with E-state index in [1.165, 1.54) is 11.3 Å². The van der Waals surface area contributed by atoms with Gasteiger partial charge in [0.15, 0.2) is 6.61 Å². The molecule has 9 heteroatoms. The molecule has 186 valence electrons. The van der Waals surface area contributed by atoms with Crippen LogP contribution in [0.4, 0.5) is 8.78 Å². The minimum atomic E-state index is -2.48. The summed E-state index contributed by atoms with van der Waals surface area (Å²) in [7, 11) is 0. The predicted octanol–water partition coefficient (Wildman–Crippen LogP) is 5.50. The van der Waals surface area contributed by atoms with E-state index in [9.17, 15) is 13.6 Å². The summed E-state index contributed by atoms with van der Waals surface area (Å²) in [5.74, 6) is 0.783. The number of benzene rings is 1. The molecule has 2 aliphatic rings. The maximum atomic E-state index is 12.4. The normalized spacial score (nSPS) is 20.8. The molecule has 2 aromatic rings. The number of nitrogens with zero attached hydrogens (tertiary/aromatic N) is 2. The standard InChI is InChI=1S/C25H32ClF2N3O2S/c26-20-4-2-1-3-18(20)7-10-24(32)29-19-8-5-17(6-9-19)11-13-31-14-12-22-21(15-31)30-25(34-22)33-16-23(27)28/h1-4,17,19,23H,5-16H2,(H,29,32)/t17-,19-. The summed E-state index contributed by atoms with van der Waals surface area (Å²) in [6, 6.07) is 7.95. The molecule has 0 bridgehead atoms. The molecule has 0 radical (unpaired) electrons. The van der Waals surface area contributed by atoms with Crippen molar-refractivity contribution in [2.24, 2.45) is 5.92 Å². The Labute approximate surface area is 208 Å². The first kappa shape index (κ1) is 25.3. The van der Waals surface area contributed by atoms with Crippen molar-refractivity contribution >= 4 is 28.8 Å². The maximum Gasteiger partial charge on any atom is 0.273 e. The van der Waals surface area contributed by atoms with Crippen LogP contribution in [0.15, 0.2) is 24.3 Å². The molecule has 4 rings (SSSR count). The van der Waals surface area contributed by atoms with Crippen molar-refractivity contribution in [3.05, 3.63) is 45.4 Å². The number of aryl methyl sites for hydroxylation is 1. The topological polar surface area (TPSA) is 54.5 Å². The Morgan fingerprint density at radius 2 is 2.06 bits per heavy atom. The van der Waals surface area contributed by atoms with Gasteiger partial charge in [0.05, 0.1) is 5.69 Å². The summed E-state index contributed by atoms with van der Waals surface area (Å²) in [5, 5.41) is 4.29. The van der Waals surface area contributed by atoms with Gasteiger partial charge in [0.1, 0.15) is 0 Å². The molecule has 1 fully saturated rings. The minimum Gasteiger partial charge on any atom is -0.464 e. The lowest BCUT2D eigenvalue weighted by Crippen LogP contribution is -2.38. The fourth-order valence-electron chi connectivity index (χ4n) is 4.83. The second-order valence-corrected chi connectivity index (χ2v) is 10.7. The molecule has 5 nitrogen and oxygen atoms in total. The van der Waals surface area contributed by atoms with E-state index in [2.05, 4.69) is 15.2 Å². The zero-order valence-corrected chi connectivity index (χ0v) is 20.9. The van der Waals surface area contributed by atoms with Gasteiger partial charge >= 0.3 is 0 Å². The van der Waals surface area contributed by atoms with E-state index >= 15 is 0 Å². The first-order chi connectivity index (χ1) is 16.5. The Morgan fingerprint density at radius 1 is 1.26 bits per heavy atom. The van der Waals surface area contributed by atoms with Crippen LogP contribution in [0.3, 0.4) is 0 Å². The van der Waals surface area contributed by atoms with E-state index in [0.29, 0.717) is 24.0 Å². The van der Waals surface area contributed by atoms with E-state index in [1.807, 2.05) is 24.3 Å². The number of aromatic nitrogens is 1. The Hall–Kier alpha value is -1.77. The zero-order chi connectivity index (χ0) is 23.9. The molecule has 0 saturated heterocycles. The molecule has 1 aromatic carbocycles. The highest BCUT2D eigenvalue weighted by Crippen LogP contribution is 2.31. The van der Waals surface area contributed by atoms with Crippen molar-refractivity contribution in [1.82, 2.24) is 15.2 Å². The van der Waals surface area contributed by atoms with Crippen molar-refractivity contribution in [2.75, 3.05) is 19.7 Å². The van der Waals surface area contributed by atoms with Gasteiger partial charge in [0.2, 0.25) is 5.91 Å². The number of hydrogen-bond acceptors (Lipinski definition) is 5. The molecule has 0 atom stereocenters. The smallest absolute Gasteiger partial charge is 0.273 e. The molecule has 1 amide bonds. The number of alkyl halides is 2. The van der Waals surface area contributed by atoms with Gasteiger partial charge in [-0.3, -0.25) is 9.69 Å². The van der Waals surface area contributed by atoms with Gasteiger partial charge in [-0.25, -0.2) is 13.8 Å². The third-order valence-corrected chi connectivity index (χ3v) is 8.20. The van der Waals surface area contributed by atoms with E-state index in [0.717, 1.165) is 79.3 Å². The van der Waals surface area contributed by atoms with Gasteiger partial charge in [-0.05, 0) is 69.0 Å². The average molecular weight is 512 g/mol. The highest BCUT2D eigenvalue weighted by molar-refractivity contribution is 7.13. The van der Waals surface area contributed by atoms with Gasteiger partial charge in [-0.15, -0.1) is 0 Å². The van der Waals surface area contributed by atoms with Crippen LogP contribution in [0, 0.1) is 5.92 Å². The Bertz CT molecular complexity index is 950. The summed E-state index contributed by atoms with van der Waals surface area (Å²) in [6.07, 6.45) is 5.03. The summed E-state index contributed by atoms with van der Waals surface area (Å²) < 4.78 is 29.8. The van der Waals surface area contributed by atoms with Crippen molar-refractivity contribution in [2.45, 2.75) is 70.4 Å². The third-order valence-electron chi connectivity index (χ3n) is 6.76. The van der Waals surface area contributed by atoms with Crippen molar-refractivity contribution in [1.29, 1.82) is 0 Å². The molecule has 0 spiro atoms. The highest BCUT2D eigenvalue weighted by atomic mass is 35.5. The number of halogens is 3. The third kappa shape index (κ3) is 7.36. The SMILES string of the molecule is O=C(CCc1ccccc1Cl)N[C@H]1CC[C@H](CCN2CCc3sc(OCC(F)F)nc3C2)CC1. The van der Waals surface area contributed by atoms with Crippen LogP contribution in [0.25, 0.3) is 0 Å². The van der Waals surface area contributed by atoms with Gasteiger partial charge in [0.25, 0.3) is 11.6 Å². The Kier molecular flexibility index (Phi) is 9.14. The molecule has 1 saturated carbocycles. The minimum absolute atomic E-state index is 0.104. The number of amides is 1. The second-order valence-electron chi connectivity index (χ2n) is 9.24. The molecule has 0 unspecified atom stereocenters. The second kappa shape index (κ2) is 12.3. The molecule has 1 aliphatic heterocycles. The summed E-state index contributed by atoms with van der Waals surface area (Å²) in [5.41, 5.74) is 1.99. The number of carbonyl (C=O) groups excluding carboxylic acids is 1. The number of ether oxygens (including phenoxy) is 1. The van der Waals surface area contributed by atoms with Crippen LogP contribution in [0.2, 0.25) is 5.02 Å². The van der Waals surface area contributed by atoms with Crippen molar-refractivity contribution in [3.8, 4) is 5.19 Å². The van der Waals surface area contributed by atoms with Crippen LogP contribution < -0.4 is 10.1 Å². The molecular weight excluding hydrogens is 480 g/mol. The maximum absolute atomic E-state index is 12.4. The van der Waals surface area contributed by atoms with Crippen LogP contribution in [-0.2, 0) is 24.2 Å². The van der Waals surface area contributed by atoms with Gasteiger partial charge in [-0.1, -0.05) is 41.1 Å². The van der Waals surface area contributed by atoms with E-state index in [-0.39, 0.29) is 11.9 Å². The van der Waals surface area contributed by atoms with Gasteiger partial charge in [-0.2, -0.15) is 0 Å². The molecule has 1 aromatic heterocycles. The first-order valence-corrected chi connectivity index (χ1v) is 13.3. The van der Waals surface area contributed by atoms with Crippen LogP contribution in [0.5, 0.6) is 5.19 Å². The van der Waals surface area contributed by atoms with E-state index in [4.69, 9.17) is 16.3 Å². The molecule has 1 N–H and O–H groups in total. The summed E-state index contributed by atoms with van der Waals surface area (Å²) >= 11 is 7.58. The molecule has 34 heavy (non-hydrogen) atoms. The zero-order valence-electron chi connectivity index (χ0n) is 19.3. The average Bonchev–Trinajstić information content (AvgIpc) is 3.24. The molecule has 1 aliphatic carbocycles. The lowest BCUT2D eigenvalue weighted by atomic mass is 9.84. The van der Waals surface area contributed by atoms with Crippen LogP contribution in [0.1, 0.15) is 54.7 Å². The quantitative estimate of drug-likeness (QED) is 0.458. The number of thiazole rings is 1. The number of hydrogen-bond donors (Lipinski definition) is 1. The van der Waals surface area contributed by atoms with Crippen molar-refractivity contribution < 1.29 is 18.3 Å². The summed E-state index contributed by atoms with van der Waals surface area (Å²) in [4.78, 5) is 20.4. The lowest BCUT2D eigenvalue weighted by molar-refractivity contribution is -0.122. The van der Waals surface area contributed by atoms with Crippen LogP contribution >= 0.6 is 22.9 Å². The van der Waals surface area contributed by atoms with Gasteiger partial charge in [0, 0.05) is 35.5 Å². The lowest BCUT2D eigenvalue weighted by Gasteiger charge is -2.32. The number of rotatable bonds is 10. The van der Waals surface area contributed by atoms with Crippen LogP contribution in [-0.4, -0.2) is 48.0 Å². The Balaban J connectivity index is 1.13. The number of nitrogens with one attached hydrogen (secondary N) is 1. The monoisotopic (exact) mass is 511 g/mol. The Morgan fingerprint density at radius 3 is 2.82 bits per heavy atom. The van der Waals surface area contributed by atoms with Crippen molar-refractivity contribution in [3.63, 3.8) is 0 Å². The fraction of sp³-hybridized carbons (Fsp3) is 0.600. The summed E-state index contributed by atoms with van der Waals surface area (Å²) in [6.45, 7) is 2.16. The predicted molar refractivity (Wildman–Crippen MR) is 131 cm³/mol. The molecule has 2 heterocycles. The molecular formula is C25H32ClF2N3O2S. The fourth-order valence-corrected chi connectivity index (χ4v) is 5.97. The van der Waals surface area contributed by atoms with E-state index < -0.39 is 13.0 Å². The number of fused-ring (bicyclic) bond motifs is 1.